The number of rotatable bonds is 4. The minimum Gasteiger partial charge on any atom is -0.313 e. The number of nitrogens with zero attached hydrogens (tertiary/aromatic N) is 1. The van der Waals surface area contributed by atoms with Crippen LogP contribution in [-0.4, -0.2) is 12.0 Å². The number of halogens is 2. The summed E-state index contributed by atoms with van der Waals surface area (Å²) >= 11 is 9.74. The third-order valence-corrected chi connectivity index (χ3v) is 4.27. The SMILES string of the molecule is CNC(Cc1ccc(Br)cc1Cl)c1ccc(C)nc1C. The number of nitrogens with one attached hydrogen (secondary N) is 1. The van der Waals surface area contributed by atoms with Gasteiger partial charge in [-0.2, -0.15) is 0 Å². The van der Waals surface area contributed by atoms with Crippen molar-refractivity contribution in [2.75, 3.05) is 7.05 Å². The van der Waals surface area contributed by atoms with Gasteiger partial charge in [-0.15, -0.1) is 0 Å². The van der Waals surface area contributed by atoms with Gasteiger partial charge in [0, 0.05) is 26.9 Å². The predicted molar refractivity (Wildman–Crippen MR) is 88.4 cm³/mol. The second-order valence-corrected chi connectivity index (χ2v) is 6.23. The summed E-state index contributed by atoms with van der Waals surface area (Å²) in [6, 6.07) is 10.4. The van der Waals surface area contributed by atoms with E-state index in [1.165, 1.54) is 5.56 Å². The summed E-state index contributed by atoms with van der Waals surface area (Å²) in [6.07, 6.45) is 0.841. The Bertz CT molecular complexity index is 613. The fourth-order valence-electron chi connectivity index (χ4n) is 2.34. The minimum absolute atomic E-state index is 0.210. The van der Waals surface area contributed by atoms with Gasteiger partial charge in [-0.25, -0.2) is 0 Å². The molecule has 0 aliphatic rings. The van der Waals surface area contributed by atoms with Crippen LogP contribution in [0.3, 0.4) is 0 Å². The van der Waals surface area contributed by atoms with E-state index in [-0.39, 0.29) is 6.04 Å². The first-order chi connectivity index (χ1) is 9.51. The van der Waals surface area contributed by atoms with Crippen molar-refractivity contribution in [3.05, 3.63) is 62.3 Å². The lowest BCUT2D eigenvalue weighted by Crippen LogP contribution is -2.20. The highest BCUT2D eigenvalue weighted by Gasteiger charge is 2.15. The van der Waals surface area contributed by atoms with Gasteiger partial charge < -0.3 is 5.32 Å². The summed E-state index contributed by atoms with van der Waals surface area (Å²) in [4.78, 5) is 4.54. The van der Waals surface area contributed by atoms with Crippen LogP contribution in [0.2, 0.25) is 5.02 Å². The lowest BCUT2D eigenvalue weighted by Gasteiger charge is -2.19. The van der Waals surface area contributed by atoms with Gasteiger partial charge in [0.15, 0.2) is 0 Å². The van der Waals surface area contributed by atoms with Gasteiger partial charge in [0.1, 0.15) is 0 Å². The molecule has 0 saturated carbocycles. The number of aryl methyl sites for hydroxylation is 2. The smallest absolute Gasteiger partial charge is 0.0449 e. The first-order valence-corrected chi connectivity index (χ1v) is 7.73. The van der Waals surface area contributed by atoms with Crippen LogP contribution < -0.4 is 5.32 Å². The first-order valence-electron chi connectivity index (χ1n) is 6.56. The van der Waals surface area contributed by atoms with Crippen LogP contribution in [0.4, 0.5) is 0 Å². The molecular formula is C16H18BrClN2. The standard InChI is InChI=1S/C16H18BrClN2/c1-10-4-7-14(11(2)20-10)16(19-3)8-12-5-6-13(17)9-15(12)18/h4-7,9,16,19H,8H2,1-3H3. The molecular weight excluding hydrogens is 336 g/mol. The Labute approximate surface area is 133 Å². The predicted octanol–water partition coefficient (Wildman–Crippen LogP) is 4.62. The molecule has 0 bridgehead atoms. The summed E-state index contributed by atoms with van der Waals surface area (Å²) < 4.78 is 1.00. The maximum atomic E-state index is 6.31. The van der Waals surface area contributed by atoms with Gasteiger partial charge in [-0.1, -0.05) is 39.7 Å². The lowest BCUT2D eigenvalue weighted by atomic mass is 9.97. The molecule has 1 aromatic carbocycles. The van der Waals surface area contributed by atoms with Crippen molar-refractivity contribution in [3.63, 3.8) is 0 Å². The monoisotopic (exact) mass is 352 g/mol. The van der Waals surface area contributed by atoms with Crippen molar-refractivity contribution in [2.45, 2.75) is 26.3 Å². The third-order valence-electron chi connectivity index (χ3n) is 3.43. The Morgan fingerprint density at radius 2 is 2.00 bits per heavy atom. The molecule has 0 radical (unpaired) electrons. The van der Waals surface area contributed by atoms with E-state index in [0.29, 0.717) is 0 Å². The van der Waals surface area contributed by atoms with Crippen LogP contribution in [0.1, 0.15) is 28.6 Å². The summed E-state index contributed by atoms with van der Waals surface area (Å²) in [7, 11) is 1.97. The van der Waals surface area contributed by atoms with Crippen LogP contribution in [0, 0.1) is 13.8 Å². The molecule has 1 unspecified atom stereocenters. The van der Waals surface area contributed by atoms with Crippen molar-refractivity contribution < 1.29 is 0 Å². The third kappa shape index (κ3) is 3.60. The zero-order valence-corrected chi connectivity index (χ0v) is 14.2. The highest BCUT2D eigenvalue weighted by molar-refractivity contribution is 9.10. The van der Waals surface area contributed by atoms with Gasteiger partial charge in [-0.3, -0.25) is 4.98 Å². The average Bonchev–Trinajstić information content (AvgIpc) is 2.39. The molecule has 0 amide bonds. The molecule has 0 fully saturated rings. The van der Waals surface area contributed by atoms with Crippen molar-refractivity contribution in [1.82, 2.24) is 10.3 Å². The summed E-state index contributed by atoms with van der Waals surface area (Å²) in [5, 5.41) is 4.15. The van der Waals surface area contributed by atoms with Gasteiger partial charge >= 0.3 is 0 Å². The number of benzene rings is 1. The normalized spacial score (nSPS) is 12.4. The molecule has 2 nitrogen and oxygen atoms in total. The quantitative estimate of drug-likeness (QED) is 0.867. The van der Waals surface area contributed by atoms with Crippen LogP contribution in [-0.2, 0) is 6.42 Å². The van der Waals surface area contributed by atoms with E-state index in [1.54, 1.807) is 0 Å². The second kappa shape index (κ2) is 6.70. The molecule has 0 aliphatic carbocycles. The number of aromatic nitrogens is 1. The fourth-order valence-corrected chi connectivity index (χ4v) is 3.09. The van der Waals surface area contributed by atoms with Gasteiger partial charge in [0.05, 0.1) is 0 Å². The van der Waals surface area contributed by atoms with Gasteiger partial charge in [-0.05, 0) is 56.6 Å². The molecule has 106 valence electrons. The van der Waals surface area contributed by atoms with E-state index in [0.717, 1.165) is 32.9 Å². The molecule has 1 atom stereocenters. The second-order valence-electron chi connectivity index (χ2n) is 4.91. The highest BCUT2D eigenvalue weighted by atomic mass is 79.9. The molecule has 2 aromatic rings. The molecule has 0 aliphatic heterocycles. The summed E-state index contributed by atoms with van der Waals surface area (Å²) in [6.45, 7) is 4.06. The number of hydrogen-bond donors (Lipinski definition) is 1. The van der Waals surface area contributed by atoms with E-state index in [2.05, 4.69) is 51.4 Å². The summed E-state index contributed by atoms with van der Waals surface area (Å²) in [5.74, 6) is 0. The van der Waals surface area contributed by atoms with Crippen molar-refractivity contribution in [2.24, 2.45) is 0 Å². The van der Waals surface area contributed by atoms with E-state index < -0.39 is 0 Å². The Kier molecular flexibility index (Phi) is 5.19. The Morgan fingerprint density at radius 1 is 1.25 bits per heavy atom. The maximum absolute atomic E-state index is 6.31. The van der Waals surface area contributed by atoms with E-state index >= 15 is 0 Å². The molecule has 0 spiro atoms. The van der Waals surface area contributed by atoms with Crippen LogP contribution in [0.15, 0.2) is 34.8 Å². The molecule has 20 heavy (non-hydrogen) atoms. The zero-order valence-electron chi connectivity index (χ0n) is 11.9. The van der Waals surface area contributed by atoms with E-state index in [9.17, 15) is 0 Å². The van der Waals surface area contributed by atoms with Crippen molar-refractivity contribution >= 4 is 27.5 Å². The topological polar surface area (TPSA) is 24.9 Å². The van der Waals surface area contributed by atoms with Crippen LogP contribution >= 0.6 is 27.5 Å². The number of likely N-dealkylation sites (N-methyl/N-ethyl adjacent to an activating group) is 1. The van der Waals surface area contributed by atoms with Crippen molar-refractivity contribution in [3.8, 4) is 0 Å². The molecule has 1 aromatic heterocycles. The molecule has 0 saturated heterocycles. The highest BCUT2D eigenvalue weighted by Crippen LogP contribution is 2.27. The molecule has 1 N–H and O–H groups in total. The molecule has 2 rings (SSSR count). The Hall–Kier alpha value is -0.900. The fraction of sp³-hybridized carbons (Fsp3) is 0.312. The number of hydrogen-bond acceptors (Lipinski definition) is 2. The minimum atomic E-state index is 0.210. The first kappa shape index (κ1) is 15.5. The Morgan fingerprint density at radius 3 is 2.60 bits per heavy atom. The molecule has 1 heterocycles. The Balaban J connectivity index is 2.28. The van der Waals surface area contributed by atoms with Crippen LogP contribution in [0.5, 0.6) is 0 Å². The largest absolute Gasteiger partial charge is 0.313 e. The molecule has 4 heteroatoms. The number of pyridine rings is 1. The van der Waals surface area contributed by atoms with Crippen molar-refractivity contribution in [1.29, 1.82) is 0 Å². The lowest BCUT2D eigenvalue weighted by molar-refractivity contribution is 0.585. The van der Waals surface area contributed by atoms with E-state index in [4.69, 9.17) is 11.6 Å². The summed E-state index contributed by atoms with van der Waals surface area (Å²) in [5.41, 5.74) is 4.46. The van der Waals surface area contributed by atoms with Crippen LogP contribution in [0.25, 0.3) is 0 Å². The maximum Gasteiger partial charge on any atom is 0.0449 e. The van der Waals surface area contributed by atoms with Gasteiger partial charge in [0.25, 0.3) is 0 Å². The van der Waals surface area contributed by atoms with Gasteiger partial charge in [0.2, 0.25) is 0 Å². The van der Waals surface area contributed by atoms with E-state index in [1.807, 2.05) is 26.1 Å². The zero-order chi connectivity index (χ0) is 14.7. The average molecular weight is 354 g/mol.